The SMILES string of the molecule is Cc1ccc(O)c(-c2cccc(P)c2-c2cc(C)ccc2O)c1. The Hall–Kier alpha value is -2.31. The lowest BCUT2D eigenvalue weighted by molar-refractivity contribution is 0.476. The van der Waals surface area contributed by atoms with E-state index in [1.165, 1.54) is 0 Å². The Bertz CT molecular complexity index is 885. The molecule has 0 aliphatic carbocycles. The van der Waals surface area contributed by atoms with Crippen LogP contribution < -0.4 is 5.30 Å². The van der Waals surface area contributed by atoms with E-state index in [-0.39, 0.29) is 11.5 Å². The highest BCUT2D eigenvalue weighted by Crippen LogP contribution is 2.40. The molecule has 3 heteroatoms. The van der Waals surface area contributed by atoms with E-state index in [9.17, 15) is 10.2 Å². The Labute approximate surface area is 138 Å². The van der Waals surface area contributed by atoms with Crippen molar-refractivity contribution in [1.29, 1.82) is 0 Å². The minimum Gasteiger partial charge on any atom is -0.507 e. The molecule has 0 spiro atoms. The summed E-state index contributed by atoms with van der Waals surface area (Å²) in [6.07, 6.45) is 0. The van der Waals surface area contributed by atoms with Gasteiger partial charge in [0, 0.05) is 16.7 Å². The molecular formula is C20H19O2P. The van der Waals surface area contributed by atoms with Crippen LogP contribution in [-0.4, -0.2) is 10.2 Å². The molecule has 2 nitrogen and oxygen atoms in total. The lowest BCUT2D eigenvalue weighted by Crippen LogP contribution is -2.00. The molecule has 1 atom stereocenters. The fourth-order valence-electron chi connectivity index (χ4n) is 2.81. The van der Waals surface area contributed by atoms with Crippen LogP contribution in [0.25, 0.3) is 22.3 Å². The summed E-state index contributed by atoms with van der Waals surface area (Å²) < 4.78 is 0. The number of phenolic OH excluding ortho intramolecular Hbond substituents is 2. The maximum Gasteiger partial charge on any atom is 0.123 e. The average molecular weight is 322 g/mol. The van der Waals surface area contributed by atoms with E-state index < -0.39 is 0 Å². The lowest BCUT2D eigenvalue weighted by Gasteiger charge is -2.16. The Kier molecular flexibility index (Phi) is 4.11. The number of rotatable bonds is 2. The summed E-state index contributed by atoms with van der Waals surface area (Å²) >= 11 is 0. The van der Waals surface area contributed by atoms with Gasteiger partial charge in [-0.05, 0) is 49.0 Å². The molecule has 23 heavy (non-hydrogen) atoms. The molecule has 0 radical (unpaired) electrons. The molecule has 2 N–H and O–H groups in total. The van der Waals surface area contributed by atoms with Crippen molar-refractivity contribution in [3.8, 4) is 33.8 Å². The van der Waals surface area contributed by atoms with Crippen LogP contribution in [0.2, 0.25) is 0 Å². The van der Waals surface area contributed by atoms with Gasteiger partial charge in [-0.3, -0.25) is 0 Å². The number of benzene rings is 3. The van der Waals surface area contributed by atoms with Crippen molar-refractivity contribution in [1.82, 2.24) is 0 Å². The predicted octanol–water partition coefficient (Wildman–Crippen LogP) is 4.55. The van der Waals surface area contributed by atoms with Gasteiger partial charge in [0.15, 0.2) is 0 Å². The maximum absolute atomic E-state index is 10.3. The fourth-order valence-corrected chi connectivity index (χ4v) is 3.23. The largest absolute Gasteiger partial charge is 0.507 e. The van der Waals surface area contributed by atoms with Gasteiger partial charge in [-0.2, -0.15) is 0 Å². The topological polar surface area (TPSA) is 40.5 Å². The summed E-state index contributed by atoms with van der Waals surface area (Å²) in [6.45, 7) is 4.00. The molecule has 0 aromatic heterocycles. The zero-order valence-corrected chi connectivity index (χ0v) is 14.3. The summed E-state index contributed by atoms with van der Waals surface area (Å²) in [5, 5.41) is 21.6. The second-order valence-corrected chi connectivity index (χ2v) is 6.43. The van der Waals surface area contributed by atoms with E-state index in [2.05, 4.69) is 9.24 Å². The van der Waals surface area contributed by atoms with Crippen LogP contribution in [-0.2, 0) is 0 Å². The van der Waals surface area contributed by atoms with Gasteiger partial charge >= 0.3 is 0 Å². The average Bonchev–Trinajstić information content (AvgIpc) is 2.52. The quantitative estimate of drug-likeness (QED) is 0.680. The minimum atomic E-state index is 0.235. The molecule has 3 rings (SSSR count). The molecule has 0 saturated heterocycles. The third kappa shape index (κ3) is 2.95. The van der Waals surface area contributed by atoms with Gasteiger partial charge in [0.2, 0.25) is 0 Å². The zero-order chi connectivity index (χ0) is 16.6. The standard InChI is InChI=1S/C20H19O2P/c1-12-6-8-17(21)15(10-12)14-4-3-5-19(23)20(14)16-11-13(2)7-9-18(16)22/h3-11,21-22H,23H2,1-2H3. The van der Waals surface area contributed by atoms with Crippen molar-refractivity contribution in [2.75, 3.05) is 0 Å². The summed E-state index contributed by atoms with van der Waals surface area (Å²) in [5.74, 6) is 0.471. The Balaban J connectivity index is 2.34. The van der Waals surface area contributed by atoms with Crippen LogP contribution in [0, 0.1) is 13.8 Å². The smallest absolute Gasteiger partial charge is 0.123 e. The molecule has 0 bridgehead atoms. The molecule has 0 heterocycles. The van der Waals surface area contributed by atoms with Crippen LogP contribution in [0.15, 0.2) is 54.6 Å². The Morgan fingerprint density at radius 3 is 1.91 bits per heavy atom. The molecule has 116 valence electrons. The highest BCUT2D eigenvalue weighted by Gasteiger charge is 2.16. The van der Waals surface area contributed by atoms with E-state index in [1.807, 2.05) is 56.3 Å². The van der Waals surface area contributed by atoms with Crippen LogP contribution in [0.5, 0.6) is 11.5 Å². The van der Waals surface area contributed by atoms with Gasteiger partial charge in [0.25, 0.3) is 0 Å². The molecule has 0 saturated carbocycles. The van der Waals surface area contributed by atoms with Crippen molar-refractivity contribution >= 4 is 14.5 Å². The second-order valence-electron chi connectivity index (χ2n) is 5.81. The molecular weight excluding hydrogens is 303 g/mol. The first-order chi connectivity index (χ1) is 11.0. The Morgan fingerprint density at radius 1 is 0.696 bits per heavy atom. The molecule has 0 fully saturated rings. The summed E-state index contributed by atoms with van der Waals surface area (Å²) in [7, 11) is 2.72. The van der Waals surface area contributed by atoms with Crippen molar-refractivity contribution in [3.05, 3.63) is 65.7 Å². The van der Waals surface area contributed by atoms with E-state index in [4.69, 9.17) is 0 Å². The number of hydrogen-bond donors (Lipinski definition) is 2. The van der Waals surface area contributed by atoms with Crippen molar-refractivity contribution in [3.63, 3.8) is 0 Å². The van der Waals surface area contributed by atoms with Crippen molar-refractivity contribution in [2.45, 2.75) is 13.8 Å². The monoisotopic (exact) mass is 322 g/mol. The summed E-state index contributed by atoms with van der Waals surface area (Å²) in [4.78, 5) is 0. The van der Waals surface area contributed by atoms with Crippen molar-refractivity contribution < 1.29 is 10.2 Å². The van der Waals surface area contributed by atoms with E-state index >= 15 is 0 Å². The number of aryl methyl sites for hydroxylation is 2. The third-order valence-corrected chi connectivity index (χ3v) is 4.44. The molecule has 3 aromatic carbocycles. The van der Waals surface area contributed by atoms with E-state index in [1.54, 1.807) is 12.1 Å². The molecule has 0 aliphatic rings. The van der Waals surface area contributed by atoms with Gasteiger partial charge in [-0.25, -0.2) is 0 Å². The van der Waals surface area contributed by atoms with Gasteiger partial charge in [0.05, 0.1) is 0 Å². The molecule has 0 amide bonds. The molecule has 0 aliphatic heterocycles. The van der Waals surface area contributed by atoms with Crippen LogP contribution in [0.1, 0.15) is 11.1 Å². The highest BCUT2D eigenvalue weighted by atomic mass is 31.0. The first-order valence-corrected chi connectivity index (χ1v) is 8.03. The zero-order valence-electron chi connectivity index (χ0n) is 13.2. The summed E-state index contributed by atoms with van der Waals surface area (Å²) in [6, 6.07) is 17.0. The third-order valence-electron chi connectivity index (χ3n) is 3.96. The fraction of sp³-hybridized carbons (Fsp3) is 0.100. The number of aromatic hydroxyl groups is 2. The van der Waals surface area contributed by atoms with Crippen LogP contribution in [0.4, 0.5) is 0 Å². The van der Waals surface area contributed by atoms with Gasteiger partial charge in [-0.1, -0.05) is 41.5 Å². The summed E-state index contributed by atoms with van der Waals surface area (Å²) in [5.41, 5.74) is 5.51. The van der Waals surface area contributed by atoms with Gasteiger partial charge < -0.3 is 10.2 Å². The van der Waals surface area contributed by atoms with Gasteiger partial charge in [0.1, 0.15) is 11.5 Å². The van der Waals surface area contributed by atoms with Crippen molar-refractivity contribution in [2.24, 2.45) is 0 Å². The van der Waals surface area contributed by atoms with Crippen LogP contribution in [0.3, 0.4) is 0 Å². The minimum absolute atomic E-state index is 0.235. The second kappa shape index (κ2) is 6.06. The molecule has 3 aromatic rings. The Morgan fingerprint density at radius 2 is 1.26 bits per heavy atom. The van der Waals surface area contributed by atoms with Crippen LogP contribution >= 0.6 is 9.24 Å². The van der Waals surface area contributed by atoms with E-state index in [0.29, 0.717) is 0 Å². The first kappa shape index (κ1) is 15.6. The number of hydrogen-bond acceptors (Lipinski definition) is 2. The predicted molar refractivity (Wildman–Crippen MR) is 99.5 cm³/mol. The normalized spacial score (nSPS) is 10.7. The van der Waals surface area contributed by atoms with Gasteiger partial charge in [-0.15, -0.1) is 9.24 Å². The number of phenols is 2. The maximum atomic E-state index is 10.3. The molecule has 1 unspecified atom stereocenters. The first-order valence-electron chi connectivity index (χ1n) is 7.46. The lowest BCUT2D eigenvalue weighted by atomic mass is 9.92. The highest BCUT2D eigenvalue weighted by molar-refractivity contribution is 7.28. The van der Waals surface area contributed by atoms with E-state index in [0.717, 1.165) is 38.7 Å².